The lowest BCUT2D eigenvalue weighted by atomic mass is 10.00. The number of nitrogens with one attached hydrogen (secondary N) is 1. The van der Waals surface area contributed by atoms with E-state index in [9.17, 15) is 0 Å². The van der Waals surface area contributed by atoms with Gasteiger partial charge in [-0.1, -0.05) is 13.8 Å². The monoisotopic (exact) mass is 186 g/mol. The molecule has 0 aliphatic rings. The van der Waals surface area contributed by atoms with Crippen LogP contribution in [0.4, 0.5) is 0 Å². The van der Waals surface area contributed by atoms with Crippen molar-refractivity contribution >= 4 is 0 Å². The molecule has 0 aliphatic heterocycles. The van der Waals surface area contributed by atoms with Crippen LogP contribution >= 0.6 is 0 Å². The van der Waals surface area contributed by atoms with Crippen molar-refractivity contribution in [3.63, 3.8) is 0 Å². The molecule has 0 aliphatic carbocycles. The molecule has 2 atom stereocenters. The zero-order chi connectivity index (χ0) is 10.3. The van der Waals surface area contributed by atoms with Crippen LogP contribution in [0.1, 0.15) is 33.1 Å². The molecule has 0 heterocycles. The molecule has 2 nitrogen and oxygen atoms in total. The van der Waals surface area contributed by atoms with Crippen molar-refractivity contribution in [2.24, 2.45) is 5.92 Å². The van der Waals surface area contributed by atoms with E-state index in [1.165, 1.54) is 19.3 Å². The molecule has 1 N–H and O–H groups in total. The summed E-state index contributed by atoms with van der Waals surface area (Å²) in [5, 5.41) is 3.22. The quantitative estimate of drug-likeness (QED) is 0.654. The Morgan fingerprint density at radius 2 is 1.85 bits per heavy atom. The van der Waals surface area contributed by atoms with Crippen molar-refractivity contribution in [3.8, 4) is 0 Å². The van der Waals surface area contributed by atoms with Gasteiger partial charge in [-0.15, -0.1) is 0 Å². The normalized spacial score (nSPS) is 16.2. The molecule has 0 aromatic rings. The molecule has 0 fully saturated rings. The van der Waals surface area contributed by atoms with Crippen molar-refractivity contribution in [1.82, 2.24) is 10.2 Å². The Morgan fingerprint density at radius 1 is 1.23 bits per heavy atom. The second kappa shape index (κ2) is 7.34. The van der Waals surface area contributed by atoms with Gasteiger partial charge >= 0.3 is 0 Å². The smallest absolute Gasteiger partial charge is 0.00866 e. The molecule has 0 amide bonds. The maximum absolute atomic E-state index is 3.22. The van der Waals surface area contributed by atoms with Gasteiger partial charge in [-0.05, 0) is 52.9 Å². The third kappa shape index (κ3) is 6.05. The van der Waals surface area contributed by atoms with Crippen LogP contribution in [0.25, 0.3) is 0 Å². The molecule has 0 spiro atoms. The summed E-state index contributed by atoms with van der Waals surface area (Å²) in [5.41, 5.74) is 0. The number of hydrogen-bond acceptors (Lipinski definition) is 2. The Bertz CT molecular complexity index is 113. The van der Waals surface area contributed by atoms with Gasteiger partial charge in [-0.3, -0.25) is 0 Å². The summed E-state index contributed by atoms with van der Waals surface area (Å²) in [5.74, 6) is 0.805. The molecule has 0 radical (unpaired) electrons. The Hall–Kier alpha value is -0.0800. The highest BCUT2D eigenvalue weighted by Gasteiger charge is 2.10. The molecule has 0 rings (SSSR count). The van der Waals surface area contributed by atoms with Crippen molar-refractivity contribution < 1.29 is 0 Å². The molecule has 0 saturated heterocycles. The van der Waals surface area contributed by atoms with Gasteiger partial charge in [-0.2, -0.15) is 0 Å². The summed E-state index contributed by atoms with van der Waals surface area (Å²) in [4.78, 5) is 2.34. The van der Waals surface area contributed by atoms with E-state index < -0.39 is 0 Å². The minimum Gasteiger partial charge on any atom is -0.319 e. The zero-order valence-electron chi connectivity index (χ0n) is 9.93. The molecule has 2 heteroatoms. The van der Waals surface area contributed by atoms with Crippen molar-refractivity contribution in [3.05, 3.63) is 0 Å². The van der Waals surface area contributed by atoms with Gasteiger partial charge in [0.1, 0.15) is 0 Å². The summed E-state index contributed by atoms with van der Waals surface area (Å²) < 4.78 is 0. The first-order chi connectivity index (χ1) is 6.11. The first-order valence-electron chi connectivity index (χ1n) is 5.42. The maximum atomic E-state index is 3.22. The molecule has 0 saturated carbocycles. The molecular formula is C11H26N2. The number of nitrogens with zero attached hydrogens (tertiary/aromatic N) is 1. The van der Waals surface area contributed by atoms with E-state index in [1.54, 1.807) is 0 Å². The number of rotatable bonds is 7. The van der Waals surface area contributed by atoms with Gasteiger partial charge in [0, 0.05) is 6.04 Å². The minimum absolute atomic E-state index is 0.763. The van der Waals surface area contributed by atoms with E-state index >= 15 is 0 Å². The molecular weight excluding hydrogens is 160 g/mol. The Balaban J connectivity index is 3.59. The summed E-state index contributed by atoms with van der Waals surface area (Å²) in [6, 6.07) is 0.763. The molecule has 0 bridgehead atoms. The van der Waals surface area contributed by atoms with E-state index in [1.807, 2.05) is 7.05 Å². The summed E-state index contributed by atoms with van der Waals surface area (Å²) >= 11 is 0. The van der Waals surface area contributed by atoms with Crippen LogP contribution in [0.2, 0.25) is 0 Å². The lowest BCUT2D eigenvalue weighted by molar-refractivity contribution is 0.255. The first-order valence-corrected chi connectivity index (χ1v) is 5.42. The van der Waals surface area contributed by atoms with Crippen LogP contribution in [0, 0.1) is 5.92 Å². The molecule has 13 heavy (non-hydrogen) atoms. The molecule has 2 unspecified atom stereocenters. The highest BCUT2D eigenvalue weighted by atomic mass is 15.1. The predicted octanol–water partition coefficient (Wildman–Crippen LogP) is 1.96. The van der Waals surface area contributed by atoms with Crippen molar-refractivity contribution in [2.75, 3.05) is 27.7 Å². The van der Waals surface area contributed by atoms with Crippen molar-refractivity contribution in [1.29, 1.82) is 0 Å². The van der Waals surface area contributed by atoms with Gasteiger partial charge in [0.25, 0.3) is 0 Å². The van der Waals surface area contributed by atoms with E-state index in [2.05, 4.69) is 38.2 Å². The standard InChI is InChI=1S/C11H26N2/c1-6-11(13(4)5)8-7-10(2)9-12-3/h10-12H,6-9H2,1-5H3. The highest BCUT2D eigenvalue weighted by Crippen LogP contribution is 2.12. The molecule has 80 valence electrons. The van der Waals surface area contributed by atoms with Crippen LogP contribution in [-0.4, -0.2) is 38.6 Å². The van der Waals surface area contributed by atoms with E-state index in [0.29, 0.717) is 0 Å². The molecule has 0 aromatic carbocycles. The average molecular weight is 186 g/mol. The second-order valence-corrected chi connectivity index (χ2v) is 4.27. The van der Waals surface area contributed by atoms with Gasteiger partial charge in [0.05, 0.1) is 0 Å². The zero-order valence-corrected chi connectivity index (χ0v) is 9.93. The van der Waals surface area contributed by atoms with Gasteiger partial charge in [-0.25, -0.2) is 0 Å². The van der Waals surface area contributed by atoms with E-state index in [4.69, 9.17) is 0 Å². The number of hydrogen-bond donors (Lipinski definition) is 1. The lowest BCUT2D eigenvalue weighted by Gasteiger charge is -2.24. The highest BCUT2D eigenvalue weighted by molar-refractivity contribution is 4.66. The summed E-state index contributed by atoms with van der Waals surface area (Å²) in [6.45, 7) is 5.73. The SMILES string of the molecule is CCC(CCC(C)CNC)N(C)C. The lowest BCUT2D eigenvalue weighted by Crippen LogP contribution is -2.28. The Kier molecular flexibility index (Phi) is 7.29. The molecule has 0 aromatic heterocycles. The minimum atomic E-state index is 0.763. The fourth-order valence-electron chi connectivity index (χ4n) is 1.75. The van der Waals surface area contributed by atoms with Crippen LogP contribution in [0.3, 0.4) is 0 Å². The van der Waals surface area contributed by atoms with Crippen molar-refractivity contribution in [2.45, 2.75) is 39.2 Å². The van der Waals surface area contributed by atoms with Crippen LogP contribution in [0.15, 0.2) is 0 Å². The van der Waals surface area contributed by atoms with Gasteiger partial charge in [0.2, 0.25) is 0 Å². The summed E-state index contributed by atoms with van der Waals surface area (Å²) in [6.07, 6.45) is 3.92. The second-order valence-electron chi connectivity index (χ2n) is 4.27. The Labute approximate surface area is 83.7 Å². The van der Waals surface area contributed by atoms with Crippen LogP contribution < -0.4 is 5.32 Å². The third-order valence-corrected chi connectivity index (χ3v) is 2.75. The average Bonchev–Trinajstić information content (AvgIpc) is 2.05. The fraction of sp³-hybridized carbons (Fsp3) is 1.00. The van der Waals surface area contributed by atoms with E-state index in [0.717, 1.165) is 18.5 Å². The summed E-state index contributed by atoms with van der Waals surface area (Å²) in [7, 11) is 6.38. The van der Waals surface area contributed by atoms with Gasteiger partial charge in [0.15, 0.2) is 0 Å². The van der Waals surface area contributed by atoms with E-state index in [-0.39, 0.29) is 0 Å². The van der Waals surface area contributed by atoms with Crippen LogP contribution in [-0.2, 0) is 0 Å². The van der Waals surface area contributed by atoms with Crippen LogP contribution in [0.5, 0.6) is 0 Å². The maximum Gasteiger partial charge on any atom is 0.00866 e. The predicted molar refractivity (Wildman–Crippen MR) is 60.1 cm³/mol. The first kappa shape index (κ1) is 12.9. The Morgan fingerprint density at radius 3 is 2.23 bits per heavy atom. The van der Waals surface area contributed by atoms with Gasteiger partial charge < -0.3 is 10.2 Å². The largest absolute Gasteiger partial charge is 0.319 e. The topological polar surface area (TPSA) is 15.3 Å². The third-order valence-electron chi connectivity index (χ3n) is 2.75. The fourth-order valence-corrected chi connectivity index (χ4v) is 1.75.